The van der Waals surface area contributed by atoms with E-state index in [2.05, 4.69) is 15.6 Å². The van der Waals surface area contributed by atoms with E-state index >= 15 is 0 Å². The van der Waals surface area contributed by atoms with Crippen molar-refractivity contribution in [1.82, 2.24) is 4.98 Å². The van der Waals surface area contributed by atoms with E-state index in [-0.39, 0.29) is 29.9 Å². The van der Waals surface area contributed by atoms with Crippen molar-refractivity contribution in [2.45, 2.75) is 0 Å². The number of urea groups is 1. The summed E-state index contributed by atoms with van der Waals surface area (Å²) in [6.07, 6.45) is 0. The van der Waals surface area contributed by atoms with Crippen LogP contribution in [0.15, 0.2) is 66.7 Å². The summed E-state index contributed by atoms with van der Waals surface area (Å²) in [6.45, 7) is 1.32. The average Bonchev–Trinajstić information content (AvgIpc) is 2.83. The van der Waals surface area contributed by atoms with Crippen LogP contribution in [0.2, 0.25) is 0 Å². The molecule has 0 bridgehead atoms. The zero-order chi connectivity index (χ0) is 22.3. The second-order valence-electron chi connectivity index (χ2n) is 6.90. The fraction of sp³-hybridized carbons (Fsp3) is 0.174. The highest BCUT2D eigenvalue weighted by Gasteiger charge is 2.27. The van der Waals surface area contributed by atoms with Crippen LogP contribution in [0.5, 0.6) is 11.5 Å². The Hall–Kier alpha value is -3.82. The summed E-state index contributed by atoms with van der Waals surface area (Å²) in [5.41, 5.74) is 6.80. The zero-order valence-electron chi connectivity index (χ0n) is 17.7. The van der Waals surface area contributed by atoms with Crippen LogP contribution >= 0.6 is 12.4 Å². The Morgan fingerprint density at radius 1 is 1.03 bits per heavy atom. The van der Waals surface area contributed by atoms with Crippen molar-refractivity contribution in [1.29, 1.82) is 0 Å². The molecule has 0 atom stereocenters. The van der Waals surface area contributed by atoms with E-state index in [1.807, 2.05) is 18.2 Å². The summed E-state index contributed by atoms with van der Waals surface area (Å²) in [5.74, 6) is 0.787. The van der Waals surface area contributed by atoms with Gasteiger partial charge in [-0.05, 0) is 36.4 Å². The molecule has 0 saturated heterocycles. The monoisotopic (exact) mass is 469 g/mol. The van der Waals surface area contributed by atoms with Gasteiger partial charge in [-0.2, -0.15) is 0 Å². The van der Waals surface area contributed by atoms with Gasteiger partial charge in [-0.3, -0.25) is 9.69 Å². The number of nitrogens with zero attached hydrogens (tertiary/aromatic N) is 2. The third kappa shape index (κ3) is 5.71. The molecule has 172 valence electrons. The fourth-order valence-corrected chi connectivity index (χ4v) is 3.18. The number of carbonyl (C=O) groups is 2. The van der Waals surface area contributed by atoms with Gasteiger partial charge in [0.15, 0.2) is 11.6 Å². The normalized spacial score (nSPS) is 12.0. The van der Waals surface area contributed by atoms with Gasteiger partial charge < -0.3 is 25.8 Å². The van der Waals surface area contributed by atoms with Crippen LogP contribution in [0.1, 0.15) is 10.5 Å². The lowest BCUT2D eigenvalue weighted by atomic mass is 10.2. The van der Waals surface area contributed by atoms with E-state index in [1.54, 1.807) is 48.5 Å². The maximum Gasteiger partial charge on any atom is 0.327 e. The third-order valence-corrected chi connectivity index (χ3v) is 4.68. The van der Waals surface area contributed by atoms with Crippen molar-refractivity contribution in [3.63, 3.8) is 0 Å². The smallest absolute Gasteiger partial charge is 0.327 e. The molecule has 0 fully saturated rings. The minimum Gasteiger partial charge on any atom is -0.490 e. The summed E-state index contributed by atoms with van der Waals surface area (Å²) in [4.78, 5) is 31.6. The Kier molecular flexibility index (Phi) is 8.06. The minimum absolute atomic E-state index is 0. The van der Waals surface area contributed by atoms with Gasteiger partial charge in [0.05, 0.1) is 12.2 Å². The first-order valence-corrected chi connectivity index (χ1v) is 10.2. The number of carbonyl (C=O) groups excluding carboxylic acids is 2. The van der Waals surface area contributed by atoms with Crippen LogP contribution in [-0.4, -0.2) is 43.2 Å². The highest BCUT2D eigenvalue weighted by Crippen LogP contribution is 2.31. The molecule has 10 heteroatoms. The molecule has 1 aromatic heterocycles. The second kappa shape index (κ2) is 11.2. The first kappa shape index (κ1) is 23.8. The molecule has 0 aliphatic carbocycles. The molecule has 0 saturated carbocycles. The van der Waals surface area contributed by atoms with Crippen molar-refractivity contribution in [3.8, 4) is 11.5 Å². The number of nitrogens with one attached hydrogen (secondary N) is 2. The lowest BCUT2D eigenvalue weighted by Crippen LogP contribution is -2.41. The summed E-state index contributed by atoms with van der Waals surface area (Å²) < 4.78 is 11.2. The van der Waals surface area contributed by atoms with Crippen LogP contribution in [0, 0.1) is 0 Å². The molecule has 0 radical (unpaired) electrons. The number of anilines is 3. The molecular formula is C23H24ClN5O4. The van der Waals surface area contributed by atoms with Crippen LogP contribution in [0.25, 0.3) is 0 Å². The molecule has 0 spiro atoms. The molecule has 33 heavy (non-hydrogen) atoms. The van der Waals surface area contributed by atoms with Crippen molar-refractivity contribution in [2.75, 3.05) is 41.8 Å². The predicted octanol–water partition coefficient (Wildman–Crippen LogP) is 3.52. The van der Waals surface area contributed by atoms with Crippen LogP contribution in [-0.2, 0) is 0 Å². The number of fused-ring (bicyclic) bond motifs is 1. The van der Waals surface area contributed by atoms with Crippen molar-refractivity contribution >= 4 is 41.5 Å². The fourth-order valence-electron chi connectivity index (χ4n) is 3.18. The Morgan fingerprint density at radius 2 is 1.79 bits per heavy atom. The standard InChI is InChI=1S/C23H23N5O4.ClH/c24-12-14-31-19-9-5-4-8-17(19)27-22(29)18-10-11-20-21(26-18)28(13-15-32-20)23(30)25-16-6-2-1-3-7-16;/h1-11H,12-15,24H2,(H,25,30)(H,27,29);1H. The molecule has 4 N–H and O–H groups in total. The second-order valence-corrected chi connectivity index (χ2v) is 6.90. The van der Waals surface area contributed by atoms with Crippen molar-refractivity contribution in [2.24, 2.45) is 5.73 Å². The topological polar surface area (TPSA) is 119 Å². The van der Waals surface area contributed by atoms with E-state index in [0.29, 0.717) is 49.2 Å². The number of benzene rings is 2. The molecular weight excluding hydrogens is 446 g/mol. The van der Waals surface area contributed by atoms with Crippen LogP contribution in [0.3, 0.4) is 0 Å². The van der Waals surface area contributed by atoms with Crippen LogP contribution < -0.4 is 30.7 Å². The van der Waals surface area contributed by atoms with Gasteiger partial charge in [0.2, 0.25) is 0 Å². The van der Waals surface area contributed by atoms with E-state index in [1.165, 1.54) is 4.90 Å². The van der Waals surface area contributed by atoms with Gasteiger partial charge in [-0.1, -0.05) is 30.3 Å². The quantitative estimate of drug-likeness (QED) is 0.508. The number of pyridine rings is 1. The van der Waals surface area contributed by atoms with Gasteiger partial charge in [-0.25, -0.2) is 9.78 Å². The maximum absolute atomic E-state index is 12.9. The Morgan fingerprint density at radius 3 is 2.58 bits per heavy atom. The maximum atomic E-state index is 12.9. The number of hydrogen-bond acceptors (Lipinski definition) is 6. The number of nitrogens with two attached hydrogens (primary N) is 1. The summed E-state index contributed by atoms with van der Waals surface area (Å²) >= 11 is 0. The van der Waals surface area contributed by atoms with E-state index in [9.17, 15) is 9.59 Å². The van der Waals surface area contributed by atoms with Crippen molar-refractivity contribution in [3.05, 3.63) is 72.4 Å². The number of rotatable bonds is 6. The molecule has 1 aliphatic rings. The predicted molar refractivity (Wildman–Crippen MR) is 129 cm³/mol. The van der Waals surface area contributed by atoms with Gasteiger partial charge in [0, 0.05) is 12.2 Å². The number of halogens is 1. The van der Waals surface area contributed by atoms with E-state index in [0.717, 1.165) is 0 Å². The van der Waals surface area contributed by atoms with Crippen molar-refractivity contribution < 1.29 is 19.1 Å². The largest absolute Gasteiger partial charge is 0.490 e. The van der Waals surface area contributed by atoms with Crippen LogP contribution in [0.4, 0.5) is 22.0 Å². The number of aromatic nitrogens is 1. The van der Waals surface area contributed by atoms with Gasteiger partial charge >= 0.3 is 6.03 Å². The zero-order valence-corrected chi connectivity index (χ0v) is 18.5. The lowest BCUT2D eigenvalue weighted by molar-refractivity contribution is 0.102. The van der Waals surface area contributed by atoms with E-state index < -0.39 is 5.91 Å². The SMILES string of the molecule is Cl.NCCOc1ccccc1NC(=O)c1ccc2c(n1)N(C(=O)Nc1ccccc1)CCO2. The first-order chi connectivity index (χ1) is 15.7. The van der Waals surface area contributed by atoms with E-state index in [4.69, 9.17) is 15.2 Å². The summed E-state index contributed by atoms with van der Waals surface area (Å²) in [5, 5.41) is 5.63. The Labute approximate surface area is 197 Å². The van der Waals surface area contributed by atoms with Gasteiger partial charge in [-0.15, -0.1) is 12.4 Å². The average molecular weight is 470 g/mol. The first-order valence-electron chi connectivity index (χ1n) is 10.2. The summed E-state index contributed by atoms with van der Waals surface area (Å²) in [6, 6.07) is 19.0. The minimum atomic E-state index is -0.439. The highest BCUT2D eigenvalue weighted by atomic mass is 35.5. The molecule has 2 heterocycles. The highest BCUT2D eigenvalue weighted by molar-refractivity contribution is 6.05. The molecule has 2 aromatic carbocycles. The molecule has 3 amide bonds. The molecule has 3 aromatic rings. The summed E-state index contributed by atoms with van der Waals surface area (Å²) in [7, 11) is 0. The number of para-hydroxylation sites is 3. The molecule has 4 rings (SSSR count). The third-order valence-electron chi connectivity index (χ3n) is 4.68. The Balaban J connectivity index is 0.00000306. The lowest BCUT2D eigenvalue weighted by Gasteiger charge is -2.28. The van der Waals surface area contributed by atoms with Gasteiger partial charge in [0.1, 0.15) is 24.7 Å². The molecule has 9 nitrogen and oxygen atoms in total. The molecule has 0 unspecified atom stereocenters. The number of ether oxygens (including phenoxy) is 2. The number of hydrogen-bond donors (Lipinski definition) is 3. The molecule has 1 aliphatic heterocycles. The Bertz CT molecular complexity index is 1110. The number of amides is 3. The van der Waals surface area contributed by atoms with Gasteiger partial charge in [0.25, 0.3) is 5.91 Å².